The van der Waals surface area contributed by atoms with Crippen LogP contribution in [0.2, 0.25) is 0 Å². The van der Waals surface area contributed by atoms with Crippen molar-refractivity contribution >= 4 is 0 Å². The summed E-state index contributed by atoms with van der Waals surface area (Å²) < 4.78 is 1.60. The number of aliphatic hydroxyl groups is 2. The number of hydrogen-bond donors (Lipinski definition) is 2. The van der Waals surface area contributed by atoms with E-state index in [1.54, 1.807) is 4.52 Å². The van der Waals surface area contributed by atoms with Crippen molar-refractivity contribution in [3.63, 3.8) is 0 Å². The van der Waals surface area contributed by atoms with Crippen molar-refractivity contribution in [3.05, 3.63) is 0 Å². The van der Waals surface area contributed by atoms with Gasteiger partial charge in [0.25, 0.3) is 0 Å². The molecule has 1 aliphatic rings. The van der Waals surface area contributed by atoms with Gasteiger partial charge in [-0.3, -0.25) is 0 Å². The third-order valence-corrected chi connectivity index (χ3v) is 1.97. The van der Waals surface area contributed by atoms with E-state index in [0.717, 1.165) is 0 Å². The van der Waals surface area contributed by atoms with Crippen LogP contribution in [-0.4, -0.2) is 36.1 Å². The van der Waals surface area contributed by atoms with Crippen molar-refractivity contribution in [1.82, 2.24) is 0 Å². The summed E-state index contributed by atoms with van der Waals surface area (Å²) in [6, 6.07) is 0. The Hall–Kier alpha value is -0.160. The first-order valence-corrected chi connectivity index (χ1v) is 3.38. The van der Waals surface area contributed by atoms with Gasteiger partial charge in [-0.25, -0.2) is 0 Å². The fraction of sp³-hybridized carbons (Fsp3) is 1.00. The molecule has 1 saturated heterocycles. The summed E-state index contributed by atoms with van der Waals surface area (Å²) in [7, 11) is 0. The van der Waals surface area contributed by atoms with Crippen LogP contribution in [0.25, 0.3) is 0 Å². The van der Waals surface area contributed by atoms with Gasteiger partial charge in [0.2, 0.25) is 0 Å². The Bertz CT molecular complexity index is 106. The van der Waals surface area contributed by atoms with Crippen molar-refractivity contribution in [3.8, 4) is 0 Å². The summed E-state index contributed by atoms with van der Waals surface area (Å²) in [5.41, 5.74) is 0. The van der Waals surface area contributed by atoms with E-state index in [1.807, 2.05) is 0 Å². The summed E-state index contributed by atoms with van der Waals surface area (Å²) >= 11 is 0. The normalized spacial score (nSPS) is 35.1. The second kappa shape index (κ2) is 3.30. The highest BCUT2D eigenvalue weighted by molar-refractivity contribution is 4.75. The molecule has 0 aliphatic carbocycles. The quantitative estimate of drug-likeness (QED) is 0.358. The molecule has 1 heterocycles. The highest BCUT2D eigenvalue weighted by Gasteiger charge is 2.35. The highest BCUT2D eigenvalue weighted by atomic mass is 17.2. The van der Waals surface area contributed by atoms with Crippen LogP contribution in [0.1, 0.15) is 6.42 Å². The number of aliphatic hydroxyl groups excluding tert-OH is 2. The molecule has 0 aromatic rings. The van der Waals surface area contributed by atoms with E-state index < -0.39 is 6.10 Å². The third-order valence-electron chi connectivity index (χ3n) is 1.97. The molecule has 60 valence electrons. The van der Waals surface area contributed by atoms with Crippen LogP contribution in [0.15, 0.2) is 0 Å². The molecule has 0 saturated carbocycles. The zero-order valence-corrected chi connectivity index (χ0v) is 5.69. The first kappa shape index (κ1) is 7.94. The molecule has 10 heavy (non-hydrogen) atoms. The molecule has 0 amide bonds. The largest absolute Gasteiger partial charge is 0.534 e. The molecule has 1 fully saturated rings. The van der Waals surface area contributed by atoms with E-state index in [2.05, 4.69) is 0 Å². The number of hydrogen-bond acceptors (Lipinski definition) is 3. The SMILES string of the molecule is [O-][O+]1CCC(CO)C1CO. The molecule has 2 atom stereocenters. The number of rotatable bonds is 2. The average Bonchev–Trinajstić information content (AvgIpc) is 2.30. The summed E-state index contributed by atoms with van der Waals surface area (Å²) in [4.78, 5) is 0. The Morgan fingerprint density at radius 1 is 1.40 bits per heavy atom. The monoisotopic (exact) mass is 148 g/mol. The van der Waals surface area contributed by atoms with Gasteiger partial charge in [0.1, 0.15) is 6.61 Å². The van der Waals surface area contributed by atoms with Crippen molar-refractivity contribution in [2.45, 2.75) is 12.5 Å². The first-order chi connectivity index (χ1) is 4.79. The maximum Gasteiger partial charge on any atom is 0.190 e. The standard InChI is InChI=1S/C6H12O4/c7-3-5-1-2-10(9)6(5)4-8/h5-8H,1-4H2. The molecule has 0 radical (unpaired) electrons. The van der Waals surface area contributed by atoms with Gasteiger partial charge in [0.15, 0.2) is 12.7 Å². The van der Waals surface area contributed by atoms with Crippen molar-refractivity contribution in [2.24, 2.45) is 5.92 Å². The molecule has 4 nitrogen and oxygen atoms in total. The predicted octanol–water partition coefficient (Wildman–Crippen LogP) is -1.81. The van der Waals surface area contributed by atoms with Crippen LogP contribution in [0.3, 0.4) is 0 Å². The van der Waals surface area contributed by atoms with E-state index in [1.165, 1.54) is 0 Å². The lowest BCUT2D eigenvalue weighted by Gasteiger charge is -2.22. The lowest BCUT2D eigenvalue weighted by atomic mass is 10.0. The first-order valence-electron chi connectivity index (χ1n) is 3.38. The minimum Gasteiger partial charge on any atom is -0.534 e. The fourth-order valence-corrected chi connectivity index (χ4v) is 1.26. The van der Waals surface area contributed by atoms with Crippen LogP contribution in [0.5, 0.6) is 0 Å². The van der Waals surface area contributed by atoms with Crippen LogP contribution < -0.4 is 5.26 Å². The summed E-state index contributed by atoms with van der Waals surface area (Å²) in [5.74, 6) is -0.0625. The Kier molecular flexibility index (Phi) is 2.62. The molecule has 0 aromatic heterocycles. The van der Waals surface area contributed by atoms with Crippen LogP contribution in [0, 0.1) is 5.92 Å². The van der Waals surface area contributed by atoms with Crippen LogP contribution in [-0.2, 0) is 4.52 Å². The zero-order chi connectivity index (χ0) is 7.56. The summed E-state index contributed by atoms with van der Waals surface area (Å²) in [5, 5.41) is 28.1. The summed E-state index contributed by atoms with van der Waals surface area (Å²) in [6.07, 6.45) is 0.209. The fourth-order valence-electron chi connectivity index (χ4n) is 1.26. The Balaban J connectivity index is 2.45. The van der Waals surface area contributed by atoms with E-state index in [4.69, 9.17) is 10.2 Å². The van der Waals surface area contributed by atoms with E-state index >= 15 is 0 Å². The third kappa shape index (κ3) is 1.29. The Morgan fingerprint density at radius 3 is 2.50 bits per heavy atom. The second-order valence-corrected chi connectivity index (χ2v) is 2.54. The summed E-state index contributed by atoms with van der Waals surface area (Å²) in [6.45, 7) is 0.160. The van der Waals surface area contributed by atoms with Gasteiger partial charge in [-0.15, -0.1) is 0 Å². The van der Waals surface area contributed by atoms with Gasteiger partial charge < -0.3 is 20.0 Å². The van der Waals surface area contributed by atoms with Gasteiger partial charge in [0, 0.05) is 6.42 Å². The second-order valence-electron chi connectivity index (χ2n) is 2.54. The van der Waals surface area contributed by atoms with Crippen molar-refractivity contribution in [1.29, 1.82) is 0 Å². The maximum atomic E-state index is 10.7. The van der Waals surface area contributed by atoms with Gasteiger partial charge in [-0.2, -0.15) is 0 Å². The Morgan fingerprint density at radius 2 is 2.10 bits per heavy atom. The molecule has 0 spiro atoms. The highest BCUT2D eigenvalue weighted by Crippen LogP contribution is 2.23. The van der Waals surface area contributed by atoms with E-state index in [0.29, 0.717) is 13.0 Å². The average molecular weight is 148 g/mol. The molecule has 4 heteroatoms. The molecular weight excluding hydrogens is 136 g/mol. The molecule has 2 N–H and O–H groups in total. The minimum atomic E-state index is -0.454. The van der Waals surface area contributed by atoms with Gasteiger partial charge in [-0.05, 0) is 0 Å². The van der Waals surface area contributed by atoms with Crippen LogP contribution in [0.4, 0.5) is 0 Å². The van der Waals surface area contributed by atoms with Crippen LogP contribution >= 0.6 is 0 Å². The smallest absolute Gasteiger partial charge is 0.190 e. The maximum absolute atomic E-state index is 10.7. The predicted molar refractivity (Wildman–Crippen MR) is 32.0 cm³/mol. The lowest BCUT2D eigenvalue weighted by molar-refractivity contribution is -0.802. The zero-order valence-electron chi connectivity index (χ0n) is 5.69. The molecule has 2 unspecified atom stereocenters. The minimum absolute atomic E-state index is 0.0169. The van der Waals surface area contributed by atoms with E-state index in [9.17, 15) is 5.26 Å². The van der Waals surface area contributed by atoms with E-state index in [-0.39, 0.29) is 19.1 Å². The van der Waals surface area contributed by atoms with Crippen molar-refractivity contribution < 1.29 is 20.0 Å². The lowest BCUT2D eigenvalue weighted by Crippen LogP contribution is -2.37. The molecule has 0 bridgehead atoms. The molecule has 0 aromatic carbocycles. The van der Waals surface area contributed by atoms with Gasteiger partial charge >= 0.3 is 0 Å². The van der Waals surface area contributed by atoms with Gasteiger partial charge in [-0.1, -0.05) is 0 Å². The molecule has 1 aliphatic heterocycles. The van der Waals surface area contributed by atoms with Crippen molar-refractivity contribution in [2.75, 3.05) is 19.8 Å². The topological polar surface area (TPSA) is 66.2 Å². The Labute approximate surface area is 59.3 Å². The molecule has 1 rings (SSSR count). The van der Waals surface area contributed by atoms with Gasteiger partial charge in [0.05, 0.1) is 12.5 Å². The molecular formula is C6H12O4.